The molecule has 140 valence electrons. The number of anilines is 1. The van der Waals surface area contributed by atoms with Gasteiger partial charge in [-0.1, -0.05) is 0 Å². The van der Waals surface area contributed by atoms with Gasteiger partial charge in [0.05, 0.1) is 28.8 Å². The lowest BCUT2D eigenvalue weighted by Gasteiger charge is -2.31. The van der Waals surface area contributed by atoms with Gasteiger partial charge in [-0.3, -0.25) is 10.1 Å². The van der Waals surface area contributed by atoms with Gasteiger partial charge >= 0.3 is 0 Å². The highest BCUT2D eigenvalue weighted by Crippen LogP contribution is 2.27. The van der Waals surface area contributed by atoms with Gasteiger partial charge < -0.3 is 10.1 Å². The molecule has 25 heavy (non-hydrogen) atoms. The number of hydrogen-bond acceptors (Lipinski definition) is 8. The highest BCUT2D eigenvalue weighted by atomic mass is 32.2. The summed E-state index contributed by atoms with van der Waals surface area (Å²) in [7, 11) is -7.41. The molecule has 1 aliphatic heterocycles. The maximum Gasteiger partial charge on any atom is 0.293 e. The first-order chi connectivity index (χ1) is 11.5. The number of nitro groups is 1. The second kappa shape index (κ2) is 7.21. The molecular weight excluding hydrogens is 376 g/mol. The summed E-state index contributed by atoms with van der Waals surface area (Å²) in [6.07, 6.45) is 0.598. The van der Waals surface area contributed by atoms with Crippen LogP contribution in [0.15, 0.2) is 23.1 Å². The summed E-state index contributed by atoms with van der Waals surface area (Å²) < 4.78 is 52.5. The number of nitrogens with two attached hydrogens (primary N) is 1. The molecule has 0 spiro atoms. The van der Waals surface area contributed by atoms with Crippen LogP contribution in [0.2, 0.25) is 0 Å². The molecule has 1 aromatic carbocycles. The Morgan fingerprint density at radius 3 is 2.64 bits per heavy atom. The highest BCUT2D eigenvalue weighted by molar-refractivity contribution is 7.89. The van der Waals surface area contributed by atoms with Crippen LogP contribution >= 0.6 is 0 Å². The zero-order valence-electron chi connectivity index (χ0n) is 13.3. The Balaban J connectivity index is 2.14. The molecule has 0 radical (unpaired) electrons. The first-order valence-electron chi connectivity index (χ1n) is 7.10. The average Bonchev–Trinajstić information content (AvgIpc) is 2.51. The lowest BCUT2D eigenvalue weighted by atomic mass is 10.2. The van der Waals surface area contributed by atoms with Crippen LogP contribution in [0.25, 0.3) is 0 Å². The van der Waals surface area contributed by atoms with Crippen molar-refractivity contribution in [2.45, 2.75) is 11.0 Å². The average molecular weight is 394 g/mol. The summed E-state index contributed by atoms with van der Waals surface area (Å²) in [5.74, 6) is 0. The van der Waals surface area contributed by atoms with E-state index in [0.717, 1.165) is 18.4 Å². The van der Waals surface area contributed by atoms with Crippen LogP contribution in [-0.4, -0.2) is 64.7 Å². The Morgan fingerprint density at radius 2 is 2.08 bits per heavy atom. The predicted octanol–water partition coefficient (Wildman–Crippen LogP) is -0.685. The van der Waals surface area contributed by atoms with E-state index in [1.54, 1.807) is 0 Å². The lowest BCUT2D eigenvalue weighted by Crippen LogP contribution is -2.47. The number of nitrogens with zero attached hydrogens (tertiary/aromatic N) is 2. The minimum atomic E-state index is -4.06. The monoisotopic (exact) mass is 394 g/mol. The van der Waals surface area contributed by atoms with Crippen LogP contribution in [0.4, 0.5) is 11.4 Å². The summed E-state index contributed by atoms with van der Waals surface area (Å²) in [6, 6.07) is 3.24. The minimum absolute atomic E-state index is 0.0810. The molecule has 0 saturated carbocycles. The van der Waals surface area contributed by atoms with E-state index < -0.39 is 36.8 Å². The fourth-order valence-electron chi connectivity index (χ4n) is 2.33. The van der Waals surface area contributed by atoms with Crippen LogP contribution in [0.1, 0.15) is 0 Å². The van der Waals surface area contributed by atoms with Gasteiger partial charge in [0.25, 0.3) is 5.69 Å². The molecular formula is C12H18N4O7S2. The van der Waals surface area contributed by atoms with Crippen molar-refractivity contribution in [3.8, 4) is 0 Å². The van der Waals surface area contributed by atoms with Crippen molar-refractivity contribution in [1.82, 2.24) is 4.31 Å². The Bertz CT molecular complexity index is 869. The number of benzene rings is 1. The Hall–Kier alpha value is -1.80. The van der Waals surface area contributed by atoms with Gasteiger partial charge in [-0.15, -0.1) is 0 Å². The van der Waals surface area contributed by atoms with Crippen LogP contribution in [0.3, 0.4) is 0 Å². The molecule has 11 nitrogen and oxygen atoms in total. The molecule has 1 aliphatic rings. The second-order valence-corrected chi connectivity index (χ2v) is 9.02. The van der Waals surface area contributed by atoms with Crippen molar-refractivity contribution in [3.63, 3.8) is 0 Å². The quantitative estimate of drug-likeness (QED) is 0.473. The van der Waals surface area contributed by atoms with Gasteiger partial charge in [-0.2, -0.15) is 4.31 Å². The maximum atomic E-state index is 11.6. The van der Waals surface area contributed by atoms with Gasteiger partial charge in [0.2, 0.25) is 20.0 Å². The summed E-state index contributed by atoms with van der Waals surface area (Å²) in [4.78, 5) is 10.0. The summed E-state index contributed by atoms with van der Waals surface area (Å²) >= 11 is 0. The SMILES string of the molecule is CS(=O)(=O)N1CCO[C@@H](CNc2ccc(S(N)(=O)=O)cc2[N+](=O)[O-])C1. The third-order valence-corrected chi connectivity index (χ3v) is 5.77. The number of sulfonamides is 2. The molecule has 2 rings (SSSR count). The molecule has 1 saturated heterocycles. The van der Waals surface area contributed by atoms with Crippen molar-refractivity contribution in [3.05, 3.63) is 28.3 Å². The molecule has 1 atom stereocenters. The normalized spacial score (nSPS) is 19.5. The highest BCUT2D eigenvalue weighted by Gasteiger charge is 2.27. The van der Waals surface area contributed by atoms with Gasteiger partial charge in [-0.05, 0) is 12.1 Å². The Kier molecular flexibility index (Phi) is 5.63. The second-order valence-electron chi connectivity index (χ2n) is 5.48. The van der Waals surface area contributed by atoms with Gasteiger partial charge in [0.1, 0.15) is 5.69 Å². The van der Waals surface area contributed by atoms with E-state index in [1.165, 1.54) is 10.4 Å². The van der Waals surface area contributed by atoms with Crippen molar-refractivity contribution < 1.29 is 26.5 Å². The molecule has 13 heteroatoms. The van der Waals surface area contributed by atoms with Crippen LogP contribution in [0.5, 0.6) is 0 Å². The number of morpholine rings is 1. The maximum absolute atomic E-state index is 11.6. The van der Waals surface area contributed by atoms with E-state index in [0.29, 0.717) is 0 Å². The van der Waals surface area contributed by atoms with Gasteiger partial charge in [0.15, 0.2) is 0 Å². The number of primary sulfonamides is 1. The smallest absolute Gasteiger partial charge is 0.293 e. The van der Waals surface area contributed by atoms with Gasteiger partial charge in [-0.25, -0.2) is 22.0 Å². The minimum Gasteiger partial charge on any atom is -0.377 e. The number of hydrogen-bond donors (Lipinski definition) is 2. The zero-order chi connectivity index (χ0) is 18.8. The van der Waals surface area contributed by atoms with Crippen LogP contribution < -0.4 is 10.5 Å². The first kappa shape index (κ1) is 19.5. The summed E-state index contributed by atoms with van der Waals surface area (Å²) in [5, 5.41) is 18.9. The molecule has 1 aromatic rings. The zero-order valence-corrected chi connectivity index (χ0v) is 14.9. The molecule has 0 bridgehead atoms. The fourth-order valence-corrected chi connectivity index (χ4v) is 3.71. The third kappa shape index (κ3) is 5.09. The van der Waals surface area contributed by atoms with E-state index in [-0.39, 0.29) is 36.8 Å². The number of rotatable bonds is 6. The standard InChI is InChI=1S/C12H18N4O7S2/c1-24(19,20)15-4-5-23-9(8-15)7-14-11-3-2-10(25(13,21)22)6-12(11)16(17)18/h2-3,6,9,14H,4-5,7-8H2,1H3,(H2,13,21,22)/t9-/m0/s1. The van der Waals surface area contributed by atoms with E-state index in [2.05, 4.69) is 5.32 Å². The third-order valence-electron chi connectivity index (χ3n) is 3.59. The topological polar surface area (TPSA) is 162 Å². The summed E-state index contributed by atoms with van der Waals surface area (Å²) in [5.41, 5.74) is -0.375. The number of nitro benzene ring substituents is 1. The number of nitrogens with one attached hydrogen (secondary N) is 1. The molecule has 1 fully saturated rings. The summed E-state index contributed by atoms with van der Waals surface area (Å²) in [6.45, 7) is 0.695. The van der Waals surface area contributed by atoms with Gasteiger partial charge in [0, 0.05) is 25.7 Å². The van der Waals surface area contributed by atoms with Crippen molar-refractivity contribution in [2.24, 2.45) is 5.14 Å². The molecule has 1 heterocycles. The van der Waals surface area contributed by atoms with E-state index in [1.807, 2.05) is 0 Å². The van der Waals surface area contributed by atoms with Crippen molar-refractivity contribution in [1.29, 1.82) is 0 Å². The fraction of sp³-hybridized carbons (Fsp3) is 0.500. The van der Waals surface area contributed by atoms with E-state index >= 15 is 0 Å². The van der Waals surface area contributed by atoms with Crippen LogP contribution in [-0.2, 0) is 24.8 Å². The predicted molar refractivity (Wildman–Crippen MR) is 89.1 cm³/mol. The molecule has 0 aromatic heterocycles. The Morgan fingerprint density at radius 1 is 1.40 bits per heavy atom. The van der Waals surface area contributed by atoms with Crippen molar-refractivity contribution >= 4 is 31.4 Å². The molecule has 0 amide bonds. The molecule has 0 unspecified atom stereocenters. The van der Waals surface area contributed by atoms with Crippen molar-refractivity contribution in [2.75, 3.05) is 37.8 Å². The number of ether oxygens (including phenoxy) is 1. The Labute approximate surface area is 145 Å². The largest absolute Gasteiger partial charge is 0.377 e. The first-order valence-corrected chi connectivity index (χ1v) is 10.5. The lowest BCUT2D eigenvalue weighted by molar-refractivity contribution is -0.384. The van der Waals surface area contributed by atoms with E-state index in [9.17, 15) is 26.9 Å². The van der Waals surface area contributed by atoms with E-state index in [4.69, 9.17) is 9.88 Å². The molecule has 3 N–H and O–H groups in total. The van der Waals surface area contributed by atoms with Crippen LogP contribution in [0, 0.1) is 10.1 Å². The molecule has 0 aliphatic carbocycles.